The molecule has 2 rings (SSSR count). The summed E-state index contributed by atoms with van der Waals surface area (Å²) >= 11 is 0. The van der Waals surface area contributed by atoms with Gasteiger partial charge in [-0.2, -0.15) is 0 Å². The molecule has 2 unspecified atom stereocenters. The quantitative estimate of drug-likeness (QED) is 0.707. The molecule has 0 spiro atoms. The summed E-state index contributed by atoms with van der Waals surface area (Å²) in [7, 11) is 0. The smallest absolute Gasteiger partial charge is 0.0827 e. The molecule has 1 N–H and O–H groups in total. The summed E-state index contributed by atoms with van der Waals surface area (Å²) < 4.78 is 0. The van der Waals surface area contributed by atoms with E-state index in [1.165, 1.54) is 5.56 Å². The van der Waals surface area contributed by atoms with Crippen molar-refractivity contribution in [2.75, 3.05) is 0 Å². The predicted octanol–water partition coefficient (Wildman–Crippen LogP) is 2.86. The van der Waals surface area contributed by atoms with Gasteiger partial charge in [-0.05, 0) is 36.8 Å². The Balaban J connectivity index is 2.21. The molecule has 0 bridgehead atoms. The SMILES string of the molecule is C=C(C)CC1Cc2ccccc2C1O. The van der Waals surface area contributed by atoms with Gasteiger partial charge in [-0.25, -0.2) is 0 Å². The topological polar surface area (TPSA) is 20.2 Å². The maximum absolute atomic E-state index is 10.0. The fourth-order valence-corrected chi connectivity index (χ4v) is 2.29. The van der Waals surface area contributed by atoms with Crippen molar-refractivity contribution in [3.05, 3.63) is 47.5 Å². The number of aliphatic hydroxyl groups is 1. The second-order valence-corrected chi connectivity index (χ2v) is 4.27. The highest BCUT2D eigenvalue weighted by molar-refractivity contribution is 5.34. The van der Waals surface area contributed by atoms with Crippen LogP contribution in [-0.2, 0) is 6.42 Å². The molecule has 0 amide bonds. The van der Waals surface area contributed by atoms with E-state index in [-0.39, 0.29) is 6.10 Å². The van der Waals surface area contributed by atoms with Gasteiger partial charge in [0.1, 0.15) is 0 Å². The number of benzene rings is 1. The first-order valence-electron chi connectivity index (χ1n) is 5.08. The molecule has 0 fully saturated rings. The van der Waals surface area contributed by atoms with Crippen LogP contribution in [0.2, 0.25) is 0 Å². The van der Waals surface area contributed by atoms with Crippen LogP contribution in [0.1, 0.15) is 30.6 Å². The summed E-state index contributed by atoms with van der Waals surface area (Å²) in [5, 5.41) is 10.0. The Bertz CT molecular complexity index is 354. The van der Waals surface area contributed by atoms with Crippen LogP contribution in [0.5, 0.6) is 0 Å². The van der Waals surface area contributed by atoms with Gasteiger partial charge >= 0.3 is 0 Å². The minimum absolute atomic E-state index is 0.289. The molecule has 1 aromatic rings. The number of rotatable bonds is 2. The van der Waals surface area contributed by atoms with E-state index in [0.717, 1.165) is 24.0 Å². The first-order chi connectivity index (χ1) is 6.68. The van der Waals surface area contributed by atoms with Crippen LogP contribution in [0.15, 0.2) is 36.4 Å². The minimum Gasteiger partial charge on any atom is -0.388 e. The molecule has 0 aromatic heterocycles. The number of allylic oxidation sites excluding steroid dienone is 1. The molecule has 0 saturated heterocycles. The molecule has 0 saturated carbocycles. The Hall–Kier alpha value is -1.08. The van der Waals surface area contributed by atoms with Gasteiger partial charge in [-0.15, -0.1) is 6.58 Å². The molecule has 2 atom stereocenters. The van der Waals surface area contributed by atoms with Crippen molar-refractivity contribution in [2.24, 2.45) is 5.92 Å². The molecule has 0 radical (unpaired) electrons. The molecular formula is C13H16O. The van der Waals surface area contributed by atoms with Gasteiger partial charge in [0.2, 0.25) is 0 Å². The maximum atomic E-state index is 10.0. The number of hydrogen-bond donors (Lipinski definition) is 1. The second-order valence-electron chi connectivity index (χ2n) is 4.27. The van der Waals surface area contributed by atoms with Gasteiger partial charge in [-0.3, -0.25) is 0 Å². The molecule has 1 heteroatoms. The Kier molecular flexibility index (Phi) is 2.42. The largest absolute Gasteiger partial charge is 0.388 e. The molecule has 0 heterocycles. The first-order valence-corrected chi connectivity index (χ1v) is 5.08. The van der Waals surface area contributed by atoms with Crippen molar-refractivity contribution in [3.63, 3.8) is 0 Å². The van der Waals surface area contributed by atoms with E-state index in [0.29, 0.717) is 5.92 Å². The predicted molar refractivity (Wildman–Crippen MR) is 58.0 cm³/mol. The lowest BCUT2D eigenvalue weighted by molar-refractivity contribution is 0.123. The standard InChI is InChI=1S/C13H16O/c1-9(2)7-11-8-10-5-3-4-6-12(10)13(11)14/h3-6,11,13-14H,1,7-8H2,2H3. The zero-order chi connectivity index (χ0) is 10.1. The second kappa shape index (κ2) is 3.58. The van der Waals surface area contributed by atoms with E-state index < -0.39 is 0 Å². The molecule has 14 heavy (non-hydrogen) atoms. The molecule has 74 valence electrons. The third-order valence-corrected chi connectivity index (χ3v) is 2.91. The average molecular weight is 188 g/mol. The van der Waals surface area contributed by atoms with E-state index >= 15 is 0 Å². The van der Waals surface area contributed by atoms with Crippen LogP contribution < -0.4 is 0 Å². The summed E-state index contributed by atoms with van der Waals surface area (Å²) in [4.78, 5) is 0. The van der Waals surface area contributed by atoms with Gasteiger partial charge in [-0.1, -0.05) is 29.8 Å². The average Bonchev–Trinajstić information content (AvgIpc) is 2.44. The Morgan fingerprint density at radius 1 is 1.50 bits per heavy atom. The number of hydrogen-bond acceptors (Lipinski definition) is 1. The van der Waals surface area contributed by atoms with Crippen LogP contribution >= 0.6 is 0 Å². The van der Waals surface area contributed by atoms with Crippen molar-refractivity contribution in [1.82, 2.24) is 0 Å². The lowest BCUT2D eigenvalue weighted by Gasteiger charge is -2.14. The summed E-state index contributed by atoms with van der Waals surface area (Å²) in [5.74, 6) is 0.338. The van der Waals surface area contributed by atoms with Crippen LogP contribution in [0.4, 0.5) is 0 Å². The van der Waals surface area contributed by atoms with Crippen molar-refractivity contribution in [1.29, 1.82) is 0 Å². The first kappa shape index (κ1) is 9.47. The van der Waals surface area contributed by atoms with Gasteiger partial charge < -0.3 is 5.11 Å². The van der Waals surface area contributed by atoms with Gasteiger partial charge in [0.25, 0.3) is 0 Å². The molecule has 1 aliphatic rings. The van der Waals surface area contributed by atoms with Gasteiger partial charge in [0, 0.05) is 0 Å². The highest BCUT2D eigenvalue weighted by atomic mass is 16.3. The third kappa shape index (κ3) is 1.60. The molecule has 1 aromatic carbocycles. The van der Waals surface area contributed by atoms with Crippen LogP contribution in [0.25, 0.3) is 0 Å². The lowest BCUT2D eigenvalue weighted by atomic mass is 9.96. The molecule has 1 nitrogen and oxygen atoms in total. The third-order valence-electron chi connectivity index (χ3n) is 2.91. The van der Waals surface area contributed by atoms with E-state index in [1.54, 1.807) is 0 Å². The van der Waals surface area contributed by atoms with E-state index in [4.69, 9.17) is 0 Å². The van der Waals surface area contributed by atoms with Crippen molar-refractivity contribution in [3.8, 4) is 0 Å². The number of fused-ring (bicyclic) bond motifs is 1. The zero-order valence-electron chi connectivity index (χ0n) is 8.53. The highest BCUT2D eigenvalue weighted by Crippen LogP contribution is 2.38. The van der Waals surface area contributed by atoms with Crippen LogP contribution in [0, 0.1) is 5.92 Å². The van der Waals surface area contributed by atoms with Gasteiger partial charge in [0.05, 0.1) is 6.10 Å². The van der Waals surface area contributed by atoms with Crippen molar-refractivity contribution in [2.45, 2.75) is 25.9 Å². The highest BCUT2D eigenvalue weighted by Gasteiger charge is 2.29. The van der Waals surface area contributed by atoms with Crippen LogP contribution in [0.3, 0.4) is 0 Å². The molecular weight excluding hydrogens is 172 g/mol. The monoisotopic (exact) mass is 188 g/mol. The maximum Gasteiger partial charge on any atom is 0.0827 e. The molecule has 0 aliphatic heterocycles. The lowest BCUT2D eigenvalue weighted by Crippen LogP contribution is -2.07. The summed E-state index contributed by atoms with van der Waals surface area (Å²) in [6.45, 7) is 5.93. The van der Waals surface area contributed by atoms with Crippen molar-refractivity contribution >= 4 is 0 Å². The van der Waals surface area contributed by atoms with Crippen LogP contribution in [-0.4, -0.2) is 5.11 Å². The fraction of sp³-hybridized carbons (Fsp3) is 0.385. The summed E-state index contributed by atoms with van der Waals surface area (Å²) in [6.07, 6.45) is 1.63. The molecule has 1 aliphatic carbocycles. The summed E-state index contributed by atoms with van der Waals surface area (Å²) in [5.41, 5.74) is 3.56. The normalized spacial score (nSPS) is 24.7. The number of aliphatic hydroxyl groups excluding tert-OH is 1. The van der Waals surface area contributed by atoms with E-state index in [1.807, 2.05) is 25.1 Å². The van der Waals surface area contributed by atoms with Gasteiger partial charge in [0.15, 0.2) is 0 Å². The van der Waals surface area contributed by atoms with E-state index in [2.05, 4.69) is 12.6 Å². The fourth-order valence-electron chi connectivity index (χ4n) is 2.29. The Morgan fingerprint density at radius 3 is 2.86 bits per heavy atom. The Labute approximate surface area is 85.1 Å². The van der Waals surface area contributed by atoms with Crippen molar-refractivity contribution < 1.29 is 5.11 Å². The van der Waals surface area contributed by atoms with E-state index in [9.17, 15) is 5.11 Å². The minimum atomic E-state index is -0.289. The Morgan fingerprint density at radius 2 is 2.21 bits per heavy atom. The summed E-state index contributed by atoms with van der Waals surface area (Å²) in [6, 6.07) is 8.16. The zero-order valence-corrected chi connectivity index (χ0v) is 8.53.